The molecule has 1 aliphatic carbocycles. The maximum atomic E-state index is 12.7. The number of aryl methyl sites for hydroxylation is 1. The zero-order valence-corrected chi connectivity index (χ0v) is 10.7. The number of rotatable bonds is 1. The summed E-state index contributed by atoms with van der Waals surface area (Å²) in [6.45, 7) is 0.814. The van der Waals surface area contributed by atoms with Crippen LogP contribution in [0.4, 0.5) is 5.69 Å². The average Bonchev–Trinajstić information content (AvgIpc) is 2.85. The maximum absolute atomic E-state index is 12.7. The van der Waals surface area contributed by atoms with Crippen molar-refractivity contribution in [2.24, 2.45) is 5.73 Å². The molecule has 3 nitrogen and oxygen atoms in total. The molecular weight excluding hydrogens is 224 g/mol. The molecule has 0 radical (unpaired) electrons. The first-order chi connectivity index (χ1) is 8.71. The van der Waals surface area contributed by atoms with Gasteiger partial charge in [0.15, 0.2) is 0 Å². The van der Waals surface area contributed by atoms with E-state index in [2.05, 4.69) is 6.07 Å². The molecule has 2 N–H and O–H groups in total. The summed E-state index contributed by atoms with van der Waals surface area (Å²) in [4.78, 5) is 14.6. The number of nitrogens with zero attached hydrogens (tertiary/aromatic N) is 1. The Labute approximate surface area is 108 Å². The molecule has 0 saturated heterocycles. The molecule has 0 spiro atoms. The number of anilines is 1. The second kappa shape index (κ2) is 4.39. The molecule has 1 fully saturated rings. The zero-order chi connectivity index (χ0) is 12.6. The SMILES string of the molecule is NC1(C(=O)N2CCCc3ccccc32)CCCC1. The van der Waals surface area contributed by atoms with Gasteiger partial charge in [-0.25, -0.2) is 0 Å². The number of hydrogen-bond donors (Lipinski definition) is 1. The maximum Gasteiger partial charge on any atom is 0.247 e. The molecule has 2 aliphatic rings. The molecule has 1 aliphatic heterocycles. The van der Waals surface area contributed by atoms with Gasteiger partial charge >= 0.3 is 0 Å². The van der Waals surface area contributed by atoms with Gasteiger partial charge in [0.05, 0.1) is 5.54 Å². The van der Waals surface area contributed by atoms with Gasteiger partial charge in [-0.05, 0) is 37.3 Å². The van der Waals surface area contributed by atoms with Gasteiger partial charge in [0.25, 0.3) is 0 Å². The van der Waals surface area contributed by atoms with E-state index < -0.39 is 5.54 Å². The van der Waals surface area contributed by atoms with Crippen molar-refractivity contribution < 1.29 is 4.79 Å². The zero-order valence-electron chi connectivity index (χ0n) is 10.7. The monoisotopic (exact) mass is 244 g/mol. The Bertz CT molecular complexity index is 463. The van der Waals surface area contributed by atoms with E-state index >= 15 is 0 Å². The molecule has 1 saturated carbocycles. The third kappa shape index (κ3) is 1.83. The van der Waals surface area contributed by atoms with Crippen molar-refractivity contribution in [3.8, 4) is 0 Å². The normalized spacial score (nSPS) is 21.7. The van der Waals surface area contributed by atoms with Crippen molar-refractivity contribution in [1.29, 1.82) is 0 Å². The van der Waals surface area contributed by atoms with E-state index in [4.69, 9.17) is 5.73 Å². The van der Waals surface area contributed by atoms with Crippen molar-refractivity contribution in [3.63, 3.8) is 0 Å². The number of para-hydroxylation sites is 1. The fourth-order valence-electron chi connectivity index (χ4n) is 3.23. The number of fused-ring (bicyclic) bond motifs is 1. The molecule has 3 rings (SSSR count). The van der Waals surface area contributed by atoms with Crippen molar-refractivity contribution in [3.05, 3.63) is 29.8 Å². The highest BCUT2D eigenvalue weighted by atomic mass is 16.2. The van der Waals surface area contributed by atoms with Gasteiger partial charge in [-0.2, -0.15) is 0 Å². The largest absolute Gasteiger partial charge is 0.317 e. The summed E-state index contributed by atoms with van der Waals surface area (Å²) in [5.74, 6) is 0.132. The van der Waals surface area contributed by atoms with Gasteiger partial charge in [-0.1, -0.05) is 31.0 Å². The molecular formula is C15H20N2O. The molecule has 0 atom stereocenters. The lowest BCUT2D eigenvalue weighted by molar-refractivity contribution is -0.123. The van der Waals surface area contributed by atoms with Gasteiger partial charge in [0, 0.05) is 12.2 Å². The lowest BCUT2D eigenvalue weighted by atomic mass is 9.94. The van der Waals surface area contributed by atoms with Crippen LogP contribution in [-0.4, -0.2) is 18.0 Å². The summed E-state index contributed by atoms with van der Waals surface area (Å²) in [6.07, 6.45) is 5.95. The molecule has 1 heterocycles. The molecule has 1 aromatic carbocycles. The quantitative estimate of drug-likeness (QED) is 0.823. The van der Waals surface area contributed by atoms with Crippen LogP contribution in [-0.2, 0) is 11.2 Å². The third-order valence-electron chi connectivity index (χ3n) is 4.28. The molecule has 1 amide bonds. The van der Waals surface area contributed by atoms with Crippen molar-refractivity contribution in [2.45, 2.75) is 44.1 Å². The minimum Gasteiger partial charge on any atom is -0.317 e. The average molecular weight is 244 g/mol. The minimum absolute atomic E-state index is 0.132. The molecule has 0 bridgehead atoms. The van der Waals surface area contributed by atoms with Gasteiger partial charge in [-0.3, -0.25) is 4.79 Å². The Hall–Kier alpha value is -1.35. The van der Waals surface area contributed by atoms with Crippen LogP contribution in [0, 0.1) is 0 Å². The Morgan fingerprint density at radius 2 is 1.89 bits per heavy atom. The lowest BCUT2D eigenvalue weighted by Crippen LogP contribution is -2.54. The van der Waals surface area contributed by atoms with E-state index in [0.717, 1.165) is 50.8 Å². The summed E-state index contributed by atoms with van der Waals surface area (Å²) in [5.41, 5.74) is 8.04. The minimum atomic E-state index is -0.607. The Morgan fingerprint density at radius 1 is 1.17 bits per heavy atom. The van der Waals surface area contributed by atoms with Crippen LogP contribution in [0.5, 0.6) is 0 Å². The van der Waals surface area contributed by atoms with Crippen molar-refractivity contribution in [1.82, 2.24) is 0 Å². The summed E-state index contributed by atoms with van der Waals surface area (Å²) in [5, 5.41) is 0. The topological polar surface area (TPSA) is 46.3 Å². The second-order valence-electron chi connectivity index (χ2n) is 5.55. The van der Waals surface area contributed by atoms with Crippen LogP contribution >= 0.6 is 0 Å². The van der Waals surface area contributed by atoms with Crippen LogP contribution in [0.1, 0.15) is 37.7 Å². The summed E-state index contributed by atoms with van der Waals surface area (Å²) in [6, 6.07) is 8.21. The fraction of sp³-hybridized carbons (Fsp3) is 0.533. The van der Waals surface area contributed by atoms with E-state index in [0.29, 0.717) is 0 Å². The van der Waals surface area contributed by atoms with Gasteiger partial charge in [-0.15, -0.1) is 0 Å². The molecule has 18 heavy (non-hydrogen) atoms. The first-order valence-electron chi connectivity index (χ1n) is 6.89. The van der Waals surface area contributed by atoms with E-state index in [-0.39, 0.29) is 5.91 Å². The Kier molecular flexibility index (Phi) is 2.86. The van der Waals surface area contributed by atoms with Gasteiger partial charge in [0.2, 0.25) is 5.91 Å². The van der Waals surface area contributed by atoms with Crippen molar-refractivity contribution >= 4 is 11.6 Å². The van der Waals surface area contributed by atoms with Crippen LogP contribution in [0.3, 0.4) is 0 Å². The van der Waals surface area contributed by atoms with E-state index in [9.17, 15) is 4.79 Å². The predicted octanol–water partition coefficient (Wildman–Crippen LogP) is 2.24. The number of amides is 1. The van der Waals surface area contributed by atoms with Crippen LogP contribution in [0.15, 0.2) is 24.3 Å². The third-order valence-corrected chi connectivity index (χ3v) is 4.28. The van der Waals surface area contributed by atoms with Crippen molar-refractivity contribution in [2.75, 3.05) is 11.4 Å². The second-order valence-corrected chi connectivity index (χ2v) is 5.55. The fourth-order valence-corrected chi connectivity index (χ4v) is 3.23. The number of carbonyl (C=O) groups is 1. The van der Waals surface area contributed by atoms with E-state index in [1.54, 1.807) is 0 Å². The standard InChI is InChI=1S/C15H20N2O/c16-15(9-3-4-10-15)14(18)17-11-5-7-12-6-1-2-8-13(12)17/h1-2,6,8H,3-5,7,9-11,16H2. The summed E-state index contributed by atoms with van der Waals surface area (Å²) < 4.78 is 0. The number of nitrogens with two attached hydrogens (primary N) is 1. The Balaban J connectivity index is 1.92. The van der Waals surface area contributed by atoms with Gasteiger partial charge in [0.1, 0.15) is 0 Å². The molecule has 96 valence electrons. The molecule has 0 aromatic heterocycles. The summed E-state index contributed by atoms with van der Waals surface area (Å²) in [7, 11) is 0. The highest BCUT2D eigenvalue weighted by molar-refractivity contribution is 6.01. The van der Waals surface area contributed by atoms with Crippen LogP contribution in [0.2, 0.25) is 0 Å². The van der Waals surface area contributed by atoms with Crippen LogP contribution < -0.4 is 10.6 Å². The molecule has 0 unspecified atom stereocenters. The first-order valence-corrected chi connectivity index (χ1v) is 6.89. The first kappa shape index (κ1) is 11.7. The Morgan fingerprint density at radius 3 is 2.67 bits per heavy atom. The number of benzene rings is 1. The van der Waals surface area contributed by atoms with Gasteiger partial charge < -0.3 is 10.6 Å². The lowest BCUT2D eigenvalue weighted by Gasteiger charge is -2.35. The highest BCUT2D eigenvalue weighted by Crippen LogP contribution is 2.33. The highest BCUT2D eigenvalue weighted by Gasteiger charge is 2.41. The number of carbonyl (C=O) groups excluding carboxylic acids is 1. The van der Waals surface area contributed by atoms with Crippen LogP contribution in [0.25, 0.3) is 0 Å². The molecule has 1 aromatic rings. The summed E-state index contributed by atoms with van der Waals surface area (Å²) >= 11 is 0. The molecule has 3 heteroatoms. The predicted molar refractivity (Wildman–Crippen MR) is 72.5 cm³/mol. The number of hydrogen-bond acceptors (Lipinski definition) is 2. The van der Waals surface area contributed by atoms with E-state index in [1.165, 1.54) is 5.56 Å². The smallest absolute Gasteiger partial charge is 0.247 e. The van der Waals surface area contributed by atoms with E-state index in [1.807, 2.05) is 23.1 Å².